The summed E-state index contributed by atoms with van der Waals surface area (Å²) in [6.07, 6.45) is 1.60. The molecule has 1 aromatic heterocycles. The molecule has 1 heterocycles. The van der Waals surface area contributed by atoms with Crippen molar-refractivity contribution in [3.8, 4) is 23.3 Å². The molecule has 0 aliphatic heterocycles. The van der Waals surface area contributed by atoms with Gasteiger partial charge in [0.15, 0.2) is 11.5 Å². The number of nitrogens with zero attached hydrogens (tertiary/aromatic N) is 2. The maximum Gasteiger partial charge on any atom is 0.203 e. The molecule has 0 atom stereocenters. The summed E-state index contributed by atoms with van der Waals surface area (Å²) in [5.74, 6) is 2.45. The second kappa shape index (κ2) is 7.90. The Balaban J connectivity index is 2.21. The third-order valence-corrected chi connectivity index (χ3v) is 3.17. The lowest BCUT2D eigenvalue weighted by molar-refractivity contribution is 0.288. The van der Waals surface area contributed by atoms with Crippen molar-refractivity contribution in [2.24, 2.45) is 0 Å². The Hall–Kier alpha value is -2.94. The van der Waals surface area contributed by atoms with E-state index in [1.807, 2.05) is 19.1 Å². The lowest BCUT2D eigenvalue weighted by Crippen LogP contribution is -2.04. The largest absolute Gasteiger partial charge is 0.493 e. The molecule has 0 spiro atoms. The first-order valence-electron chi connectivity index (χ1n) is 7.19. The third-order valence-electron chi connectivity index (χ3n) is 3.17. The van der Waals surface area contributed by atoms with Gasteiger partial charge in [-0.3, -0.25) is 0 Å². The number of pyridine rings is 1. The molecule has 6 nitrogen and oxygen atoms in total. The van der Waals surface area contributed by atoms with Crippen molar-refractivity contribution in [2.75, 3.05) is 26.1 Å². The van der Waals surface area contributed by atoms with Crippen molar-refractivity contribution in [1.82, 2.24) is 4.98 Å². The highest BCUT2D eigenvalue weighted by molar-refractivity contribution is 5.54. The number of hydrogen-bond acceptors (Lipinski definition) is 6. The molecular weight excluding hydrogens is 294 g/mol. The zero-order valence-electron chi connectivity index (χ0n) is 13.4. The van der Waals surface area contributed by atoms with Crippen molar-refractivity contribution in [3.05, 3.63) is 41.6 Å². The summed E-state index contributed by atoms with van der Waals surface area (Å²) in [7, 11) is 3.18. The molecule has 0 amide bonds. The average molecular weight is 313 g/mol. The molecule has 0 aliphatic carbocycles. The van der Waals surface area contributed by atoms with Crippen molar-refractivity contribution in [3.63, 3.8) is 0 Å². The van der Waals surface area contributed by atoms with Crippen LogP contribution in [-0.4, -0.2) is 25.8 Å². The fourth-order valence-corrected chi connectivity index (χ4v) is 2.11. The molecule has 1 aromatic carbocycles. The first-order valence-corrected chi connectivity index (χ1v) is 7.19. The van der Waals surface area contributed by atoms with E-state index in [9.17, 15) is 0 Å². The predicted octanol–water partition coefficient (Wildman–Crippen LogP) is 2.98. The fourth-order valence-electron chi connectivity index (χ4n) is 2.11. The van der Waals surface area contributed by atoms with Gasteiger partial charge in [-0.05, 0) is 36.8 Å². The Morgan fingerprint density at radius 3 is 2.43 bits per heavy atom. The number of hydrogen-bond donors (Lipinski definition) is 1. The maximum atomic E-state index is 8.91. The quantitative estimate of drug-likeness (QED) is 0.847. The van der Waals surface area contributed by atoms with Gasteiger partial charge in [-0.25, -0.2) is 4.98 Å². The normalized spacial score (nSPS) is 9.83. The topological polar surface area (TPSA) is 76.4 Å². The van der Waals surface area contributed by atoms with E-state index in [1.54, 1.807) is 32.5 Å². The van der Waals surface area contributed by atoms with Crippen molar-refractivity contribution in [1.29, 1.82) is 5.26 Å². The summed E-state index contributed by atoms with van der Waals surface area (Å²) >= 11 is 0. The highest BCUT2D eigenvalue weighted by Gasteiger charge is 2.13. The van der Waals surface area contributed by atoms with Gasteiger partial charge >= 0.3 is 0 Å². The molecule has 0 radical (unpaired) electrons. The SMILES string of the molecule is CCOc1c(OC)cc(CNc2cc(C#N)ccn2)cc1OC. The van der Waals surface area contributed by atoms with Gasteiger partial charge in [0, 0.05) is 12.7 Å². The molecule has 23 heavy (non-hydrogen) atoms. The number of nitrogens with one attached hydrogen (secondary N) is 1. The van der Waals surface area contributed by atoms with Gasteiger partial charge in [0.2, 0.25) is 5.75 Å². The second-order valence-corrected chi connectivity index (χ2v) is 4.66. The average Bonchev–Trinajstić information content (AvgIpc) is 2.60. The molecule has 0 saturated heterocycles. The molecule has 2 rings (SSSR count). The number of anilines is 1. The smallest absolute Gasteiger partial charge is 0.203 e. The zero-order valence-corrected chi connectivity index (χ0v) is 13.4. The molecule has 1 N–H and O–H groups in total. The number of nitriles is 1. The predicted molar refractivity (Wildman–Crippen MR) is 87.0 cm³/mol. The minimum absolute atomic E-state index is 0.515. The van der Waals surface area contributed by atoms with Crippen LogP contribution in [0.3, 0.4) is 0 Å². The number of rotatable bonds is 7. The summed E-state index contributed by atoms with van der Waals surface area (Å²) in [6, 6.07) is 9.21. The molecule has 0 saturated carbocycles. The van der Waals surface area contributed by atoms with E-state index in [4.69, 9.17) is 19.5 Å². The van der Waals surface area contributed by atoms with Crippen molar-refractivity contribution in [2.45, 2.75) is 13.5 Å². The van der Waals surface area contributed by atoms with E-state index >= 15 is 0 Å². The Morgan fingerprint density at radius 2 is 1.87 bits per heavy atom. The Kier molecular flexibility index (Phi) is 5.64. The molecule has 2 aromatic rings. The van der Waals surface area contributed by atoms with Crippen LogP contribution in [0.15, 0.2) is 30.5 Å². The number of aromatic nitrogens is 1. The molecule has 0 unspecified atom stereocenters. The Morgan fingerprint density at radius 1 is 1.17 bits per heavy atom. The van der Waals surface area contributed by atoms with Gasteiger partial charge < -0.3 is 19.5 Å². The van der Waals surface area contributed by atoms with Gasteiger partial charge in [-0.1, -0.05) is 0 Å². The molecule has 0 aliphatic rings. The highest BCUT2D eigenvalue weighted by atomic mass is 16.5. The van der Waals surface area contributed by atoms with E-state index in [-0.39, 0.29) is 0 Å². The highest BCUT2D eigenvalue weighted by Crippen LogP contribution is 2.38. The van der Waals surface area contributed by atoms with Crippen LogP contribution in [0.5, 0.6) is 17.2 Å². The fraction of sp³-hybridized carbons (Fsp3) is 0.294. The number of ether oxygens (including phenoxy) is 3. The van der Waals surface area contributed by atoms with Crippen LogP contribution in [0.4, 0.5) is 5.82 Å². The monoisotopic (exact) mass is 313 g/mol. The summed E-state index contributed by atoms with van der Waals surface area (Å²) in [6.45, 7) is 2.94. The minimum Gasteiger partial charge on any atom is -0.493 e. The molecule has 120 valence electrons. The Bertz CT molecular complexity index is 685. The van der Waals surface area contributed by atoms with E-state index < -0.39 is 0 Å². The van der Waals surface area contributed by atoms with Gasteiger partial charge in [0.1, 0.15) is 5.82 Å². The van der Waals surface area contributed by atoms with Crippen LogP contribution >= 0.6 is 0 Å². The van der Waals surface area contributed by atoms with Crippen molar-refractivity contribution < 1.29 is 14.2 Å². The van der Waals surface area contributed by atoms with E-state index in [0.717, 1.165) is 5.56 Å². The van der Waals surface area contributed by atoms with Gasteiger partial charge in [0.05, 0.1) is 32.5 Å². The van der Waals surface area contributed by atoms with Gasteiger partial charge in [-0.15, -0.1) is 0 Å². The second-order valence-electron chi connectivity index (χ2n) is 4.66. The molecule has 0 fully saturated rings. The van der Waals surface area contributed by atoms with Gasteiger partial charge in [0.25, 0.3) is 0 Å². The maximum absolute atomic E-state index is 8.91. The van der Waals surface area contributed by atoms with E-state index in [1.165, 1.54) is 0 Å². The van der Waals surface area contributed by atoms with Gasteiger partial charge in [-0.2, -0.15) is 5.26 Å². The first kappa shape index (κ1) is 16.4. The van der Waals surface area contributed by atoms with Crippen LogP contribution in [0, 0.1) is 11.3 Å². The van der Waals surface area contributed by atoms with Crippen LogP contribution in [0.1, 0.15) is 18.1 Å². The minimum atomic E-state index is 0.515. The molecule has 0 bridgehead atoms. The van der Waals surface area contributed by atoms with E-state index in [2.05, 4.69) is 16.4 Å². The first-order chi connectivity index (χ1) is 11.2. The molecular formula is C17H19N3O3. The summed E-state index contributed by atoms with van der Waals surface area (Å²) in [4.78, 5) is 4.19. The van der Waals surface area contributed by atoms with E-state index in [0.29, 0.717) is 41.8 Å². The lowest BCUT2D eigenvalue weighted by Gasteiger charge is -2.15. The third kappa shape index (κ3) is 4.04. The van der Waals surface area contributed by atoms with Crippen LogP contribution in [0.25, 0.3) is 0 Å². The zero-order chi connectivity index (χ0) is 16.7. The molecule has 6 heteroatoms. The summed E-state index contributed by atoms with van der Waals surface area (Å²) in [5, 5.41) is 12.1. The standard InChI is InChI=1S/C17H19N3O3/c1-4-23-17-14(21-2)7-13(8-15(17)22-3)11-20-16-9-12(10-18)5-6-19-16/h5-9H,4,11H2,1-3H3,(H,19,20). The van der Waals surface area contributed by atoms with Crippen molar-refractivity contribution >= 4 is 5.82 Å². The summed E-state index contributed by atoms with van der Waals surface area (Å²) in [5.41, 5.74) is 1.51. The lowest BCUT2D eigenvalue weighted by atomic mass is 10.1. The van der Waals surface area contributed by atoms with Crippen LogP contribution < -0.4 is 19.5 Å². The Labute approximate surface area is 135 Å². The number of benzene rings is 1. The van der Waals surface area contributed by atoms with Crippen LogP contribution in [0.2, 0.25) is 0 Å². The number of methoxy groups -OCH3 is 2. The van der Waals surface area contributed by atoms with Crippen LogP contribution in [-0.2, 0) is 6.54 Å². The summed E-state index contributed by atoms with van der Waals surface area (Å²) < 4.78 is 16.3.